The fraction of sp³-hybridized carbons (Fsp3) is 0.267. The summed E-state index contributed by atoms with van der Waals surface area (Å²) < 4.78 is 14.1. The summed E-state index contributed by atoms with van der Waals surface area (Å²) in [6.45, 7) is 3.64. The number of rotatable bonds is 6. The molecule has 0 saturated heterocycles. The Morgan fingerprint density at radius 2 is 2.15 bits per heavy atom. The number of aromatic nitrogens is 1. The molecule has 0 spiro atoms. The van der Waals surface area contributed by atoms with E-state index in [0.29, 0.717) is 21.5 Å². The van der Waals surface area contributed by atoms with E-state index >= 15 is 0 Å². The van der Waals surface area contributed by atoms with Crippen molar-refractivity contribution in [1.82, 2.24) is 10.3 Å². The van der Waals surface area contributed by atoms with Gasteiger partial charge in [0.25, 0.3) is 0 Å². The molecule has 0 aliphatic carbocycles. The molecule has 2 rings (SSSR count). The average molecular weight is 311 g/mol. The third kappa shape index (κ3) is 3.95. The molecule has 0 unspecified atom stereocenters. The highest BCUT2D eigenvalue weighted by molar-refractivity contribution is 7.99. The van der Waals surface area contributed by atoms with Crippen LogP contribution in [-0.4, -0.2) is 11.5 Å². The molecular formula is C15H16ClFN2S. The molecule has 0 saturated carbocycles. The van der Waals surface area contributed by atoms with Crippen LogP contribution in [0.3, 0.4) is 0 Å². The minimum Gasteiger partial charge on any atom is -0.313 e. The van der Waals surface area contributed by atoms with Gasteiger partial charge in [0.1, 0.15) is 10.8 Å². The highest BCUT2D eigenvalue weighted by atomic mass is 35.5. The predicted octanol–water partition coefficient (Wildman–Crippen LogP) is 4.52. The van der Waals surface area contributed by atoms with E-state index < -0.39 is 0 Å². The van der Waals surface area contributed by atoms with E-state index in [2.05, 4.69) is 17.2 Å². The van der Waals surface area contributed by atoms with Gasteiger partial charge >= 0.3 is 0 Å². The van der Waals surface area contributed by atoms with Gasteiger partial charge in [0.2, 0.25) is 0 Å². The van der Waals surface area contributed by atoms with Crippen molar-refractivity contribution in [2.75, 3.05) is 6.54 Å². The molecule has 2 aromatic rings. The van der Waals surface area contributed by atoms with Crippen LogP contribution in [0.25, 0.3) is 0 Å². The Bertz CT molecular complexity index is 578. The van der Waals surface area contributed by atoms with Crippen LogP contribution in [0.15, 0.2) is 46.5 Å². The topological polar surface area (TPSA) is 24.9 Å². The monoisotopic (exact) mass is 310 g/mol. The van der Waals surface area contributed by atoms with Crippen molar-refractivity contribution in [3.05, 3.63) is 52.9 Å². The lowest BCUT2D eigenvalue weighted by Crippen LogP contribution is -2.14. The van der Waals surface area contributed by atoms with Crippen molar-refractivity contribution in [2.24, 2.45) is 0 Å². The minimum absolute atomic E-state index is 0.243. The van der Waals surface area contributed by atoms with Gasteiger partial charge < -0.3 is 5.32 Å². The van der Waals surface area contributed by atoms with E-state index in [4.69, 9.17) is 11.6 Å². The highest BCUT2D eigenvalue weighted by Gasteiger charge is 2.12. The molecule has 1 heterocycles. The van der Waals surface area contributed by atoms with Crippen molar-refractivity contribution in [1.29, 1.82) is 0 Å². The molecular weight excluding hydrogens is 295 g/mol. The van der Waals surface area contributed by atoms with Crippen molar-refractivity contribution in [2.45, 2.75) is 29.8 Å². The summed E-state index contributed by atoms with van der Waals surface area (Å²) in [4.78, 5) is 4.78. The molecule has 1 aromatic heterocycles. The van der Waals surface area contributed by atoms with Crippen LogP contribution < -0.4 is 5.32 Å². The summed E-state index contributed by atoms with van der Waals surface area (Å²) in [5.41, 5.74) is 0.921. The molecule has 0 amide bonds. The molecule has 20 heavy (non-hydrogen) atoms. The predicted molar refractivity (Wildman–Crippen MR) is 81.8 cm³/mol. The normalized spacial score (nSPS) is 10.8. The van der Waals surface area contributed by atoms with E-state index in [-0.39, 0.29) is 5.82 Å². The Morgan fingerprint density at radius 1 is 1.30 bits per heavy atom. The maximum Gasteiger partial charge on any atom is 0.137 e. The van der Waals surface area contributed by atoms with Crippen molar-refractivity contribution in [3.63, 3.8) is 0 Å². The first-order valence-electron chi connectivity index (χ1n) is 6.49. The quantitative estimate of drug-likeness (QED) is 0.794. The first kappa shape index (κ1) is 15.3. The van der Waals surface area contributed by atoms with Crippen LogP contribution in [0.1, 0.15) is 18.9 Å². The van der Waals surface area contributed by atoms with E-state index in [1.54, 1.807) is 24.4 Å². The lowest BCUT2D eigenvalue weighted by Gasteiger charge is -2.11. The number of pyridine rings is 1. The second-order valence-corrected chi connectivity index (χ2v) is 5.70. The van der Waals surface area contributed by atoms with Crippen molar-refractivity contribution < 1.29 is 4.39 Å². The Kier molecular flexibility index (Phi) is 5.83. The summed E-state index contributed by atoms with van der Waals surface area (Å²) in [5.74, 6) is -0.243. The Morgan fingerprint density at radius 3 is 2.90 bits per heavy atom. The van der Waals surface area contributed by atoms with Crippen molar-refractivity contribution >= 4 is 23.4 Å². The fourth-order valence-electron chi connectivity index (χ4n) is 1.75. The summed E-state index contributed by atoms with van der Waals surface area (Å²) >= 11 is 7.35. The van der Waals surface area contributed by atoms with Crippen molar-refractivity contribution in [3.8, 4) is 0 Å². The van der Waals surface area contributed by atoms with Crippen LogP contribution in [0, 0.1) is 5.82 Å². The molecule has 1 N–H and O–H groups in total. The molecule has 0 atom stereocenters. The zero-order chi connectivity index (χ0) is 14.4. The van der Waals surface area contributed by atoms with Gasteiger partial charge in [-0.3, -0.25) is 0 Å². The third-order valence-electron chi connectivity index (χ3n) is 2.71. The number of hydrogen-bond acceptors (Lipinski definition) is 3. The molecule has 2 nitrogen and oxygen atoms in total. The number of nitrogens with zero attached hydrogens (tertiary/aromatic N) is 1. The SMILES string of the molecule is CCCNCc1cccc(F)c1Sc1ncccc1Cl. The summed E-state index contributed by atoms with van der Waals surface area (Å²) in [5, 5.41) is 4.44. The van der Waals surface area contributed by atoms with E-state index in [9.17, 15) is 4.39 Å². The summed E-state index contributed by atoms with van der Waals surface area (Å²) in [7, 11) is 0. The maximum atomic E-state index is 14.1. The molecule has 5 heteroatoms. The Labute approximate surface area is 127 Å². The van der Waals surface area contributed by atoms with Gasteiger partial charge in [0, 0.05) is 12.7 Å². The van der Waals surface area contributed by atoms with Crippen LogP contribution >= 0.6 is 23.4 Å². The van der Waals surface area contributed by atoms with Crippen LogP contribution in [-0.2, 0) is 6.54 Å². The third-order valence-corrected chi connectivity index (χ3v) is 4.31. The van der Waals surface area contributed by atoms with E-state index in [1.165, 1.54) is 17.8 Å². The Hall–Kier alpha value is -1.10. The second-order valence-electron chi connectivity index (χ2n) is 4.30. The minimum atomic E-state index is -0.243. The van der Waals surface area contributed by atoms with Gasteiger partial charge in [-0.1, -0.05) is 42.4 Å². The maximum absolute atomic E-state index is 14.1. The molecule has 0 radical (unpaired) electrons. The molecule has 0 aliphatic rings. The first-order chi connectivity index (χ1) is 9.72. The smallest absolute Gasteiger partial charge is 0.137 e. The van der Waals surface area contributed by atoms with Crippen LogP contribution in [0.2, 0.25) is 5.02 Å². The van der Waals surface area contributed by atoms with Crippen LogP contribution in [0.5, 0.6) is 0 Å². The van der Waals surface area contributed by atoms with Gasteiger partial charge in [0.15, 0.2) is 0 Å². The average Bonchev–Trinajstić information content (AvgIpc) is 2.44. The Balaban J connectivity index is 2.23. The van der Waals surface area contributed by atoms with Gasteiger partial charge in [0.05, 0.1) is 9.92 Å². The standard InChI is InChI=1S/C15H16ClFN2S/c1-2-8-18-10-11-5-3-7-13(17)14(11)20-15-12(16)6-4-9-19-15/h3-7,9,18H,2,8,10H2,1H3. The van der Waals surface area contributed by atoms with E-state index in [0.717, 1.165) is 18.5 Å². The highest BCUT2D eigenvalue weighted by Crippen LogP contribution is 2.35. The number of nitrogens with one attached hydrogen (secondary N) is 1. The van der Waals surface area contributed by atoms with Crippen LogP contribution in [0.4, 0.5) is 4.39 Å². The van der Waals surface area contributed by atoms with Gasteiger partial charge in [-0.15, -0.1) is 0 Å². The van der Waals surface area contributed by atoms with E-state index in [1.807, 2.05) is 6.07 Å². The number of halogens is 2. The molecule has 0 aliphatic heterocycles. The zero-order valence-corrected chi connectivity index (χ0v) is 12.8. The summed E-state index contributed by atoms with van der Waals surface area (Å²) in [6, 6.07) is 8.62. The number of hydrogen-bond donors (Lipinski definition) is 1. The number of benzene rings is 1. The summed E-state index contributed by atoms with van der Waals surface area (Å²) in [6.07, 6.45) is 2.70. The molecule has 0 fully saturated rings. The fourth-order valence-corrected chi connectivity index (χ4v) is 2.90. The lowest BCUT2D eigenvalue weighted by molar-refractivity contribution is 0.588. The second kappa shape index (κ2) is 7.62. The zero-order valence-electron chi connectivity index (χ0n) is 11.2. The molecule has 106 valence electrons. The van der Waals surface area contributed by atoms with Gasteiger partial charge in [-0.2, -0.15) is 0 Å². The largest absolute Gasteiger partial charge is 0.313 e. The lowest BCUT2D eigenvalue weighted by atomic mass is 10.2. The molecule has 0 bridgehead atoms. The molecule has 1 aromatic carbocycles. The first-order valence-corrected chi connectivity index (χ1v) is 7.68. The van der Waals surface area contributed by atoms with Gasteiger partial charge in [-0.05, 0) is 36.7 Å². The van der Waals surface area contributed by atoms with Gasteiger partial charge in [-0.25, -0.2) is 9.37 Å².